The topological polar surface area (TPSA) is 118 Å². The van der Waals surface area contributed by atoms with Gasteiger partial charge in [-0.05, 0) is 48.4 Å². The van der Waals surface area contributed by atoms with E-state index in [1.165, 1.54) is 0 Å². The van der Waals surface area contributed by atoms with Crippen LogP contribution in [0.2, 0.25) is 10.0 Å². The molecule has 7 nitrogen and oxygen atoms in total. The van der Waals surface area contributed by atoms with Crippen LogP contribution in [-0.4, -0.2) is 34.1 Å². The number of carbonyl (C=O) groups excluding carboxylic acids is 1. The van der Waals surface area contributed by atoms with Gasteiger partial charge in [0.2, 0.25) is 5.91 Å². The monoisotopic (exact) mass is 746 g/mol. The second kappa shape index (κ2) is 12.5. The number of carboxylic acids is 2. The molecule has 1 saturated carbocycles. The van der Waals surface area contributed by atoms with Gasteiger partial charge < -0.3 is 20.8 Å². The van der Waals surface area contributed by atoms with Gasteiger partial charge in [-0.25, -0.2) is 4.79 Å². The number of hydrogen-bond acceptors (Lipinski definition) is 3. The van der Waals surface area contributed by atoms with E-state index in [0.717, 1.165) is 5.56 Å². The fourth-order valence-electron chi connectivity index (χ4n) is 4.64. The number of carbonyl (C=O) groups is 3. The van der Waals surface area contributed by atoms with Crippen molar-refractivity contribution in [3.05, 3.63) is 69.0 Å². The summed E-state index contributed by atoms with van der Waals surface area (Å²) >= 11 is 12.4. The first kappa shape index (κ1) is 30.9. The summed E-state index contributed by atoms with van der Waals surface area (Å²) in [5, 5.41) is 27.6. The molecule has 0 aliphatic heterocycles. The smallest absolute Gasteiger partial charge is 0.326 e. The molecular formula is C26H29AcCl2N2O5-. The molecule has 191 valence electrons. The third kappa shape index (κ3) is 6.56. The molecule has 3 atom stereocenters. The van der Waals surface area contributed by atoms with Crippen LogP contribution in [0.3, 0.4) is 0 Å². The zero-order valence-electron chi connectivity index (χ0n) is 20.4. The molecule has 10 heteroatoms. The Morgan fingerprint density at radius 1 is 1.06 bits per heavy atom. The van der Waals surface area contributed by atoms with Crippen molar-refractivity contribution < 1.29 is 68.7 Å². The van der Waals surface area contributed by atoms with E-state index < -0.39 is 40.6 Å². The Morgan fingerprint density at radius 3 is 2.14 bits per heavy atom. The first-order valence-corrected chi connectivity index (χ1v) is 12.1. The SMILES string of the molecule is CC1(C)[C@@H](C(=O)N[C@@H](Cc2ccc([N-]Cc3c(Cl)cccc3Cl)cc2)C(=O)O)CC[C@@]1(C)C(=O)O.[Ac]. The van der Waals surface area contributed by atoms with Crippen LogP contribution in [0, 0.1) is 60.8 Å². The van der Waals surface area contributed by atoms with Gasteiger partial charge in [0.15, 0.2) is 0 Å². The van der Waals surface area contributed by atoms with E-state index in [0.29, 0.717) is 40.7 Å². The molecule has 3 N–H and O–H groups in total. The van der Waals surface area contributed by atoms with Crippen LogP contribution < -0.4 is 5.32 Å². The van der Waals surface area contributed by atoms with Gasteiger partial charge in [-0.2, -0.15) is 0 Å². The summed E-state index contributed by atoms with van der Waals surface area (Å²) in [7, 11) is 0. The molecule has 1 aliphatic rings. The van der Waals surface area contributed by atoms with Gasteiger partial charge in [-0.3, -0.25) is 9.59 Å². The fraction of sp³-hybridized carbons (Fsp3) is 0.423. The number of aliphatic carboxylic acids is 2. The van der Waals surface area contributed by atoms with Gasteiger partial charge in [0, 0.05) is 66.4 Å². The Kier molecular flexibility index (Phi) is 10.7. The van der Waals surface area contributed by atoms with Crippen LogP contribution in [0.1, 0.15) is 44.7 Å². The summed E-state index contributed by atoms with van der Waals surface area (Å²) in [5.74, 6) is -3.13. The summed E-state index contributed by atoms with van der Waals surface area (Å²) in [6.07, 6.45) is 0.830. The summed E-state index contributed by atoms with van der Waals surface area (Å²) in [4.78, 5) is 36.7. The summed E-state index contributed by atoms with van der Waals surface area (Å²) in [5.41, 5.74) is 0.248. The predicted octanol–water partition coefficient (Wildman–Crippen LogP) is 5.84. The Balaban J connectivity index is 0.00000456. The normalized spacial score (nSPS) is 21.2. The number of nitrogens with zero attached hydrogens (tertiary/aromatic N) is 1. The second-order valence-electron chi connectivity index (χ2n) is 9.74. The Bertz CT molecular complexity index is 1110. The zero-order chi connectivity index (χ0) is 26.0. The first-order valence-electron chi connectivity index (χ1n) is 11.3. The minimum Gasteiger partial charge on any atom is -0.681 e. The van der Waals surface area contributed by atoms with Gasteiger partial charge in [0.05, 0.1) is 5.41 Å². The maximum absolute atomic E-state index is 13.0. The average Bonchev–Trinajstić information content (AvgIpc) is 3.03. The van der Waals surface area contributed by atoms with E-state index in [1.54, 1.807) is 63.2 Å². The Morgan fingerprint density at radius 2 is 1.64 bits per heavy atom. The van der Waals surface area contributed by atoms with E-state index in [9.17, 15) is 24.6 Å². The molecule has 0 saturated heterocycles. The van der Waals surface area contributed by atoms with Crippen molar-refractivity contribution in [1.82, 2.24) is 5.32 Å². The molecule has 36 heavy (non-hydrogen) atoms. The Hall–Kier alpha value is -1.33. The number of amides is 1. The standard InChI is InChI=1S/C26H29Cl2N2O5.Ac/c1-25(2)18(11-12-26(25,3)24(34)35)22(31)30-21(23(32)33)13-15-7-9-16(10-8-15)29-14-17-19(27)5-4-6-20(17)28;/h4-10,18,21H,11-14H2,1-3H3,(H,30,31)(H,32,33)(H,34,35);/q-1;/t18-,21+,26+;/m1./s1. The van der Waals surface area contributed by atoms with E-state index >= 15 is 0 Å². The van der Waals surface area contributed by atoms with Crippen molar-refractivity contribution >= 4 is 46.7 Å². The van der Waals surface area contributed by atoms with Gasteiger partial charge >= 0.3 is 11.9 Å². The maximum atomic E-state index is 13.0. The largest absolute Gasteiger partial charge is 0.681 e. The van der Waals surface area contributed by atoms with Crippen LogP contribution in [-0.2, 0) is 27.3 Å². The van der Waals surface area contributed by atoms with Crippen molar-refractivity contribution in [2.75, 3.05) is 0 Å². The van der Waals surface area contributed by atoms with Crippen molar-refractivity contribution in [3.63, 3.8) is 0 Å². The molecule has 3 rings (SSSR count). The van der Waals surface area contributed by atoms with Crippen LogP contribution in [0.4, 0.5) is 5.69 Å². The molecule has 1 fully saturated rings. The number of carboxylic acid groups (broad SMARTS) is 2. The molecule has 0 heterocycles. The maximum Gasteiger partial charge on any atom is 0.326 e. The van der Waals surface area contributed by atoms with Crippen LogP contribution in [0.15, 0.2) is 42.5 Å². The zero-order valence-corrected chi connectivity index (χ0v) is 26.7. The summed E-state index contributed by atoms with van der Waals surface area (Å²) < 4.78 is 0. The molecule has 2 aromatic carbocycles. The van der Waals surface area contributed by atoms with Crippen molar-refractivity contribution in [3.8, 4) is 0 Å². The van der Waals surface area contributed by atoms with Crippen LogP contribution >= 0.6 is 23.2 Å². The molecule has 0 unspecified atom stereocenters. The van der Waals surface area contributed by atoms with Crippen molar-refractivity contribution in [1.29, 1.82) is 0 Å². The first-order chi connectivity index (χ1) is 16.4. The second-order valence-corrected chi connectivity index (χ2v) is 10.6. The minimum absolute atomic E-state index is 0. The van der Waals surface area contributed by atoms with Crippen LogP contribution in [0.25, 0.3) is 5.32 Å². The number of halogens is 2. The third-order valence-corrected chi connectivity index (χ3v) is 8.20. The van der Waals surface area contributed by atoms with Gasteiger partial charge in [0.25, 0.3) is 0 Å². The van der Waals surface area contributed by atoms with Crippen molar-refractivity contribution in [2.24, 2.45) is 16.7 Å². The van der Waals surface area contributed by atoms with E-state index in [-0.39, 0.29) is 50.5 Å². The van der Waals surface area contributed by atoms with Crippen LogP contribution in [0.5, 0.6) is 0 Å². The molecule has 1 amide bonds. The molecule has 1 radical (unpaired) electrons. The van der Waals surface area contributed by atoms with Gasteiger partial charge in [-0.15, -0.1) is 12.2 Å². The van der Waals surface area contributed by atoms with Gasteiger partial charge in [-0.1, -0.05) is 67.4 Å². The fourth-order valence-corrected chi connectivity index (χ4v) is 5.16. The molecule has 0 spiro atoms. The molecule has 0 aromatic heterocycles. The quantitative estimate of drug-likeness (QED) is 0.298. The summed E-state index contributed by atoms with van der Waals surface area (Å²) in [6.45, 7) is 5.46. The van der Waals surface area contributed by atoms with Gasteiger partial charge in [0.1, 0.15) is 6.04 Å². The molecule has 0 bridgehead atoms. The number of rotatable bonds is 9. The molecule has 2 aromatic rings. The minimum atomic E-state index is -1.16. The van der Waals surface area contributed by atoms with E-state index in [4.69, 9.17) is 23.2 Å². The Labute approximate surface area is 256 Å². The average molecular weight is 747 g/mol. The molecule has 1 aliphatic carbocycles. The van der Waals surface area contributed by atoms with Crippen molar-refractivity contribution in [2.45, 2.75) is 52.6 Å². The predicted molar refractivity (Wildman–Crippen MR) is 135 cm³/mol. The third-order valence-electron chi connectivity index (χ3n) is 7.49. The summed E-state index contributed by atoms with van der Waals surface area (Å²) in [6, 6.07) is 11.2. The van der Waals surface area contributed by atoms with E-state index in [2.05, 4.69) is 10.6 Å². The number of hydrogen-bond donors (Lipinski definition) is 3. The number of benzene rings is 2. The number of nitrogens with one attached hydrogen (secondary N) is 1. The van der Waals surface area contributed by atoms with E-state index in [1.807, 2.05) is 0 Å². The molecular weight excluding hydrogens is 718 g/mol.